The first-order valence-electron chi connectivity index (χ1n) is 8.77. The van der Waals surface area contributed by atoms with E-state index in [2.05, 4.69) is 0 Å². The van der Waals surface area contributed by atoms with Gasteiger partial charge in [0.2, 0.25) is 0 Å². The molecule has 0 radical (unpaired) electrons. The minimum Gasteiger partial charge on any atom is -0.507 e. The fraction of sp³-hybridized carbons (Fsp3) is 0.300. The van der Waals surface area contributed by atoms with Gasteiger partial charge in [0.1, 0.15) is 23.4 Å². The minimum atomic E-state index is -0.804. The van der Waals surface area contributed by atoms with Crippen molar-refractivity contribution < 1.29 is 28.4 Å². The molecular weight excluding hydrogens is 351 g/mol. The number of quaternary nitrogens is 1. The van der Waals surface area contributed by atoms with Gasteiger partial charge in [-0.3, -0.25) is 9.59 Å². The van der Waals surface area contributed by atoms with Crippen LogP contribution in [0.3, 0.4) is 0 Å². The van der Waals surface area contributed by atoms with Crippen molar-refractivity contribution in [1.29, 1.82) is 0 Å². The van der Waals surface area contributed by atoms with Crippen LogP contribution in [0.15, 0.2) is 52.7 Å². The third-order valence-electron chi connectivity index (χ3n) is 4.55. The number of benzene rings is 1. The third-order valence-corrected chi connectivity index (χ3v) is 4.55. The van der Waals surface area contributed by atoms with Crippen LogP contribution in [-0.4, -0.2) is 48.9 Å². The molecule has 1 aromatic heterocycles. The number of aliphatic hydroxyl groups is 1. The molecule has 0 saturated carbocycles. The van der Waals surface area contributed by atoms with Crippen molar-refractivity contribution in [3.05, 3.63) is 65.4 Å². The number of likely N-dealkylation sites (tertiary alicyclic amines) is 1. The molecule has 142 valence electrons. The van der Waals surface area contributed by atoms with E-state index in [9.17, 15) is 19.1 Å². The Morgan fingerprint density at radius 1 is 1.22 bits per heavy atom. The lowest BCUT2D eigenvalue weighted by Crippen LogP contribution is -3.05. The van der Waals surface area contributed by atoms with Crippen molar-refractivity contribution >= 4 is 17.4 Å². The first-order valence-corrected chi connectivity index (χ1v) is 8.77. The normalized spacial score (nSPS) is 19.3. The number of ketones is 1. The number of halogens is 1. The molecule has 2 aromatic rings. The van der Waals surface area contributed by atoms with E-state index in [-0.39, 0.29) is 16.9 Å². The van der Waals surface area contributed by atoms with Gasteiger partial charge < -0.3 is 19.3 Å². The average Bonchev–Trinajstić information content (AvgIpc) is 3.24. The monoisotopic (exact) mass is 373 g/mol. The van der Waals surface area contributed by atoms with Gasteiger partial charge in [-0.25, -0.2) is 4.39 Å². The number of rotatable bonds is 6. The summed E-state index contributed by atoms with van der Waals surface area (Å²) in [5.74, 6) is -1.84. The van der Waals surface area contributed by atoms with Crippen LogP contribution in [0, 0.1) is 5.82 Å². The predicted octanol–water partition coefficient (Wildman–Crippen LogP) is 1.38. The first-order chi connectivity index (χ1) is 12.9. The van der Waals surface area contributed by atoms with E-state index in [1.807, 2.05) is 14.1 Å². The van der Waals surface area contributed by atoms with Crippen LogP contribution < -0.4 is 4.90 Å². The zero-order chi connectivity index (χ0) is 19.6. The van der Waals surface area contributed by atoms with E-state index in [4.69, 9.17) is 4.42 Å². The molecule has 6 nitrogen and oxygen atoms in total. The van der Waals surface area contributed by atoms with Crippen LogP contribution in [0.4, 0.5) is 4.39 Å². The summed E-state index contributed by atoms with van der Waals surface area (Å²) in [5, 5.41) is 10.7. The number of nitrogens with zero attached hydrogens (tertiary/aromatic N) is 1. The first kappa shape index (κ1) is 18.8. The van der Waals surface area contributed by atoms with Gasteiger partial charge in [0, 0.05) is 18.5 Å². The summed E-state index contributed by atoms with van der Waals surface area (Å²) in [4.78, 5) is 27.9. The quantitative estimate of drug-likeness (QED) is 0.456. The zero-order valence-corrected chi connectivity index (χ0v) is 15.2. The predicted molar refractivity (Wildman–Crippen MR) is 96.4 cm³/mol. The van der Waals surface area contributed by atoms with Crippen molar-refractivity contribution in [2.45, 2.75) is 12.5 Å². The molecule has 1 atom stereocenters. The minimum absolute atomic E-state index is 0.0428. The maximum atomic E-state index is 13.2. The van der Waals surface area contributed by atoms with E-state index in [0.29, 0.717) is 18.7 Å². The Morgan fingerprint density at radius 3 is 2.52 bits per heavy atom. The lowest BCUT2D eigenvalue weighted by Gasteiger charge is -2.23. The summed E-state index contributed by atoms with van der Waals surface area (Å²) in [5.41, 5.74) is 0.224. The molecule has 3 rings (SSSR count). The summed E-state index contributed by atoms with van der Waals surface area (Å²) in [7, 11) is 4.01. The van der Waals surface area contributed by atoms with Crippen molar-refractivity contribution in [2.75, 3.05) is 27.2 Å². The molecule has 1 fully saturated rings. The zero-order valence-electron chi connectivity index (χ0n) is 15.2. The van der Waals surface area contributed by atoms with Gasteiger partial charge in [-0.05, 0) is 36.4 Å². The number of amides is 1. The lowest BCUT2D eigenvalue weighted by molar-refractivity contribution is -0.858. The van der Waals surface area contributed by atoms with E-state index >= 15 is 0 Å². The molecule has 1 amide bonds. The number of Topliss-reactive ketones (excluding diaryl/α,β-unsaturated/α-hetero) is 1. The van der Waals surface area contributed by atoms with Crippen LogP contribution in [0.1, 0.15) is 23.8 Å². The van der Waals surface area contributed by atoms with Crippen LogP contribution >= 0.6 is 0 Å². The molecule has 27 heavy (non-hydrogen) atoms. The largest absolute Gasteiger partial charge is 0.507 e. The highest BCUT2D eigenvalue weighted by molar-refractivity contribution is 6.46. The molecule has 1 saturated heterocycles. The molecule has 0 aliphatic carbocycles. The lowest BCUT2D eigenvalue weighted by atomic mass is 9.99. The van der Waals surface area contributed by atoms with Crippen LogP contribution in [0.25, 0.3) is 5.76 Å². The highest BCUT2D eigenvalue weighted by Gasteiger charge is 2.47. The molecule has 2 N–H and O–H groups in total. The Bertz CT molecular complexity index is 857. The number of carbonyl (C=O) groups excluding carboxylic acids is 2. The highest BCUT2D eigenvalue weighted by atomic mass is 19.1. The molecule has 0 bridgehead atoms. The van der Waals surface area contributed by atoms with Crippen molar-refractivity contribution in [3.8, 4) is 0 Å². The van der Waals surface area contributed by atoms with Crippen LogP contribution in [-0.2, 0) is 9.59 Å². The summed E-state index contributed by atoms with van der Waals surface area (Å²) >= 11 is 0. The van der Waals surface area contributed by atoms with Crippen LogP contribution in [0.2, 0.25) is 0 Å². The summed E-state index contributed by atoms with van der Waals surface area (Å²) < 4.78 is 18.6. The number of hydrogen-bond acceptors (Lipinski definition) is 4. The van der Waals surface area contributed by atoms with Gasteiger partial charge in [0.15, 0.2) is 0 Å². The SMILES string of the molecule is C[NH+](C)CCCN1C(=O)C(=O)/C(=C(/O)c2ccc(F)cc2)[C@@H]1c1ccco1. The second-order valence-corrected chi connectivity index (χ2v) is 6.83. The topological polar surface area (TPSA) is 75.2 Å². The Labute approximate surface area is 156 Å². The smallest absolute Gasteiger partial charge is 0.295 e. The van der Waals surface area contributed by atoms with Gasteiger partial charge >= 0.3 is 0 Å². The average molecular weight is 373 g/mol. The second kappa shape index (κ2) is 7.75. The van der Waals surface area contributed by atoms with E-state index in [1.54, 1.807) is 12.1 Å². The number of furan rings is 1. The molecule has 1 aliphatic rings. The van der Waals surface area contributed by atoms with Crippen molar-refractivity contribution in [3.63, 3.8) is 0 Å². The number of hydrogen-bond donors (Lipinski definition) is 2. The van der Waals surface area contributed by atoms with E-state index < -0.39 is 23.5 Å². The Morgan fingerprint density at radius 2 is 1.93 bits per heavy atom. The summed E-state index contributed by atoms with van der Waals surface area (Å²) in [6, 6.07) is 7.64. The van der Waals surface area contributed by atoms with Crippen molar-refractivity contribution in [2.24, 2.45) is 0 Å². The standard InChI is InChI=1S/C20H21FN2O4/c1-22(2)10-4-11-23-17(15-5-3-12-27-15)16(19(25)20(23)26)18(24)13-6-8-14(21)9-7-13/h3,5-9,12,17,24H,4,10-11H2,1-2H3/p+1/b18-16+/t17-/m0/s1. The second-order valence-electron chi connectivity index (χ2n) is 6.83. The summed E-state index contributed by atoms with van der Waals surface area (Å²) in [6.07, 6.45) is 2.15. The number of carbonyl (C=O) groups is 2. The van der Waals surface area contributed by atoms with Crippen molar-refractivity contribution in [1.82, 2.24) is 4.90 Å². The number of nitrogens with one attached hydrogen (secondary N) is 1. The molecule has 1 aromatic carbocycles. The molecule has 2 heterocycles. The Balaban J connectivity index is 2.03. The van der Waals surface area contributed by atoms with Gasteiger partial charge in [-0.15, -0.1) is 0 Å². The maximum absolute atomic E-state index is 13.2. The summed E-state index contributed by atoms with van der Waals surface area (Å²) in [6.45, 7) is 1.19. The fourth-order valence-electron chi connectivity index (χ4n) is 3.22. The van der Waals surface area contributed by atoms with Gasteiger partial charge in [-0.1, -0.05) is 0 Å². The molecule has 1 aliphatic heterocycles. The Hall–Kier alpha value is -2.93. The van der Waals surface area contributed by atoms with E-state index in [0.717, 1.165) is 6.54 Å². The molecule has 0 spiro atoms. The van der Waals surface area contributed by atoms with Crippen LogP contribution in [0.5, 0.6) is 0 Å². The fourth-order valence-corrected chi connectivity index (χ4v) is 3.22. The molecule has 0 unspecified atom stereocenters. The van der Waals surface area contributed by atoms with Gasteiger partial charge in [-0.2, -0.15) is 0 Å². The molecule has 7 heteroatoms. The maximum Gasteiger partial charge on any atom is 0.295 e. The van der Waals surface area contributed by atoms with Gasteiger partial charge in [0.25, 0.3) is 11.7 Å². The van der Waals surface area contributed by atoms with Gasteiger partial charge in [0.05, 0.1) is 32.5 Å². The molecular formula is C20H22FN2O4+. The Kier molecular flexibility index (Phi) is 5.41. The van der Waals surface area contributed by atoms with E-state index in [1.165, 1.54) is 40.3 Å². The highest BCUT2D eigenvalue weighted by Crippen LogP contribution is 2.39. The number of aliphatic hydroxyl groups excluding tert-OH is 1. The third kappa shape index (κ3) is 3.78.